The van der Waals surface area contributed by atoms with E-state index in [9.17, 15) is 0 Å². The Morgan fingerprint density at radius 3 is 1.78 bits per heavy atom. The summed E-state index contributed by atoms with van der Waals surface area (Å²) in [5.74, 6) is 0.747. The van der Waals surface area contributed by atoms with Crippen LogP contribution in [0.5, 0.6) is 0 Å². The zero-order valence-electron chi connectivity index (χ0n) is 16.0. The Labute approximate surface area is 145 Å². The Morgan fingerprint density at radius 2 is 1.22 bits per heavy atom. The van der Waals surface area contributed by atoms with Crippen molar-refractivity contribution in [3.05, 3.63) is 24.3 Å². The maximum atomic E-state index is 6.23. The Morgan fingerprint density at radius 1 is 0.739 bits per heavy atom. The van der Waals surface area contributed by atoms with Gasteiger partial charge in [0, 0.05) is 0 Å². The smallest absolute Gasteiger partial charge is 0.102 e. The number of ether oxygens (including phenoxy) is 1. The maximum Gasteiger partial charge on any atom is 0.102 e. The Kier molecular flexibility index (Phi) is 11.4. The van der Waals surface area contributed by atoms with Gasteiger partial charge in [-0.05, 0) is 37.8 Å². The summed E-state index contributed by atoms with van der Waals surface area (Å²) in [6.07, 6.45) is 25.1. The largest absolute Gasteiger partial charge is 0.367 e. The first-order chi connectivity index (χ1) is 11.2. The summed E-state index contributed by atoms with van der Waals surface area (Å²) < 4.78 is 6.23. The van der Waals surface area contributed by atoms with Gasteiger partial charge in [-0.1, -0.05) is 90.2 Å². The van der Waals surface area contributed by atoms with Crippen LogP contribution in [0, 0.1) is 5.92 Å². The summed E-state index contributed by atoms with van der Waals surface area (Å²) in [7, 11) is 0. The van der Waals surface area contributed by atoms with Crippen molar-refractivity contribution in [1.29, 1.82) is 0 Å². The van der Waals surface area contributed by atoms with Crippen LogP contribution in [0.1, 0.15) is 97.8 Å². The van der Waals surface area contributed by atoms with Crippen molar-refractivity contribution < 1.29 is 4.74 Å². The Balaban J connectivity index is 2.24. The zero-order valence-corrected chi connectivity index (χ0v) is 16.0. The van der Waals surface area contributed by atoms with Crippen molar-refractivity contribution in [3.63, 3.8) is 0 Å². The van der Waals surface area contributed by atoms with E-state index in [0.29, 0.717) is 0 Å². The van der Waals surface area contributed by atoms with Crippen LogP contribution in [-0.2, 0) is 4.74 Å². The van der Waals surface area contributed by atoms with E-state index in [1.165, 1.54) is 77.0 Å². The minimum Gasteiger partial charge on any atom is -0.367 e. The molecule has 0 aromatic heterocycles. The van der Waals surface area contributed by atoms with E-state index in [2.05, 4.69) is 45.1 Å². The molecule has 0 fully saturated rings. The van der Waals surface area contributed by atoms with Crippen LogP contribution in [0.3, 0.4) is 0 Å². The van der Waals surface area contributed by atoms with E-state index in [4.69, 9.17) is 4.74 Å². The summed E-state index contributed by atoms with van der Waals surface area (Å²) in [4.78, 5) is 0. The van der Waals surface area contributed by atoms with E-state index in [1.807, 2.05) is 0 Å². The molecule has 1 aliphatic carbocycles. The normalized spacial score (nSPS) is 17.0. The van der Waals surface area contributed by atoms with Crippen LogP contribution in [0.25, 0.3) is 0 Å². The average Bonchev–Trinajstić information content (AvgIpc) is 2.98. The maximum absolute atomic E-state index is 6.23. The zero-order chi connectivity index (χ0) is 16.8. The average molecular weight is 321 g/mol. The van der Waals surface area contributed by atoms with Crippen molar-refractivity contribution in [2.24, 2.45) is 5.92 Å². The molecule has 1 rings (SSSR count). The molecular formula is C22H40O. The van der Waals surface area contributed by atoms with Crippen molar-refractivity contribution in [3.8, 4) is 0 Å². The van der Waals surface area contributed by atoms with Crippen molar-refractivity contribution in [2.45, 2.75) is 103 Å². The molecule has 1 atom stereocenters. The molecule has 1 nitrogen and oxygen atoms in total. The van der Waals surface area contributed by atoms with Gasteiger partial charge in [0.2, 0.25) is 0 Å². The molecule has 134 valence electrons. The summed E-state index contributed by atoms with van der Waals surface area (Å²) >= 11 is 0. The molecule has 0 bridgehead atoms. The number of rotatable bonds is 15. The molecule has 0 spiro atoms. The molecule has 1 heteroatoms. The molecule has 0 saturated carbocycles. The van der Waals surface area contributed by atoms with Crippen LogP contribution in [0.4, 0.5) is 0 Å². The monoisotopic (exact) mass is 320 g/mol. The van der Waals surface area contributed by atoms with Gasteiger partial charge in [-0.25, -0.2) is 0 Å². The predicted octanol–water partition coefficient (Wildman–Crippen LogP) is 7.22. The Bertz CT molecular complexity index is 317. The third-order valence-corrected chi connectivity index (χ3v) is 5.03. The molecule has 1 unspecified atom stereocenters. The highest BCUT2D eigenvalue weighted by atomic mass is 16.5. The summed E-state index contributed by atoms with van der Waals surface area (Å²) in [5, 5.41) is 0. The molecule has 0 saturated heterocycles. The first kappa shape index (κ1) is 20.5. The van der Waals surface area contributed by atoms with Crippen LogP contribution in [-0.4, -0.2) is 12.2 Å². The van der Waals surface area contributed by atoms with Gasteiger partial charge >= 0.3 is 0 Å². The van der Waals surface area contributed by atoms with Crippen molar-refractivity contribution in [1.82, 2.24) is 0 Å². The quantitative estimate of drug-likeness (QED) is 0.289. The number of hydrogen-bond donors (Lipinski definition) is 0. The topological polar surface area (TPSA) is 9.23 Å². The lowest BCUT2D eigenvalue weighted by Crippen LogP contribution is -2.25. The summed E-state index contributed by atoms with van der Waals surface area (Å²) in [6, 6.07) is 0. The minimum absolute atomic E-state index is 0.150. The first-order valence-electron chi connectivity index (χ1n) is 10.2. The van der Waals surface area contributed by atoms with E-state index in [-0.39, 0.29) is 5.60 Å². The van der Waals surface area contributed by atoms with E-state index < -0.39 is 0 Å². The lowest BCUT2D eigenvalue weighted by molar-refractivity contribution is 0.0144. The van der Waals surface area contributed by atoms with Gasteiger partial charge in [0.05, 0.1) is 6.61 Å². The third kappa shape index (κ3) is 10.0. The minimum atomic E-state index is -0.150. The van der Waals surface area contributed by atoms with Crippen LogP contribution in [0.2, 0.25) is 0 Å². The fraction of sp³-hybridized carbons (Fsp3) is 0.818. The number of allylic oxidation sites excluding steroid dienone is 2. The van der Waals surface area contributed by atoms with Gasteiger partial charge in [0.15, 0.2) is 0 Å². The van der Waals surface area contributed by atoms with Gasteiger partial charge in [0.1, 0.15) is 5.60 Å². The lowest BCUT2D eigenvalue weighted by Gasteiger charge is -2.25. The predicted molar refractivity (Wildman–Crippen MR) is 103 cm³/mol. The van der Waals surface area contributed by atoms with E-state index >= 15 is 0 Å². The van der Waals surface area contributed by atoms with Crippen molar-refractivity contribution in [2.75, 3.05) is 6.61 Å². The molecule has 1 aliphatic rings. The highest BCUT2D eigenvalue weighted by Crippen LogP contribution is 2.24. The summed E-state index contributed by atoms with van der Waals surface area (Å²) in [6.45, 7) is 7.67. The molecule has 0 aromatic rings. The third-order valence-electron chi connectivity index (χ3n) is 5.03. The first-order valence-corrected chi connectivity index (χ1v) is 10.2. The molecule has 0 radical (unpaired) electrons. The molecule has 0 heterocycles. The fourth-order valence-electron chi connectivity index (χ4n) is 3.33. The lowest BCUT2D eigenvalue weighted by atomic mass is 9.94. The van der Waals surface area contributed by atoms with E-state index in [1.54, 1.807) is 0 Å². The second-order valence-corrected chi connectivity index (χ2v) is 7.48. The molecule has 0 amide bonds. The Hall–Kier alpha value is -0.560. The molecular weight excluding hydrogens is 280 g/mol. The molecule has 0 aliphatic heterocycles. The van der Waals surface area contributed by atoms with Gasteiger partial charge in [-0.3, -0.25) is 0 Å². The standard InChI is InChI=1S/C22H40O/c1-4-6-8-10-11-13-17-21(16-12-9-7-5-2)20-23-22(3)18-14-15-19-22/h14-15,18-19,21H,4-13,16-17,20H2,1-3H3. The van der Waals surface area contributed by atoms with Gasteiger partial charge in [-0.2, -0.15) is 0 Å². The van der Waals surface area contributed by atoms with E-state index in [0.717, 1.165) is 12.5 Å². The molecule has 0 N–H and O–H groups in total. The highest BCUT2D eigenvalue weighted by molar-refractivity contribution is 5.26. The van der Waals surface area contributed by atoms with Crippen LogP contribution >= 0.6 is 0 Å². The summed E-state index contributed by atoms with van der Waals surface area (Å²) in [5.41, 5.74) is -0.150. The van der Waals surface area contributed by atoms with Gasteiger partial charge in [-0.15, -0.1) is 0 Å². The highest BCUT2D eigenvalue weighted by Gasteiger charge is 2.22. The molecule has 23 heavy (non-hydrogen) atoms. The molecule has 0 aromatic carbocycles. The second-order valence-electron chi connectivity index (χ2n) is 7.48. The van der Waals surface area contributed by atoms with Crippen molar-refractivity contribution >= 4 is 0 Å². The number of hydrogen-bond acceptors (Lipinski definition) is 1. The SMILES string of the molecule is CCCCCCCCC(CCCCCC)COC1(C)C=CC=C1. The number of unbranched alkanes of at least 4 members (excludes halogenated alkanes) is 8. The fourth-order valence-corrected chi connectivity index (χ4v) is 3.33. The second kappa shape index (κ2) is 12.8. The van der Waals surface area contributed by atoms with Gasteiger partial charge in [0.25, 0.3) is 0 Å². The van der Waals surface area contributed by atoms with Crippen LogP contribution in [0.15, 0.2) is 24.3 Å². The van der Waals surface area contributed by atoms with Gasteiger partial charge < -0.3 is 4.74 Å². The van der Waals surface area contributed by atoms with Crippen LogP contribution < -0.4 is 0 Å².